The van der Waals surface area contributed by atoms with Crippen LogP contribution in [0.15, 0.2) is 22.0 Å². The number of carbonyl (C=O) groups is 1. The molecular weight excluding hydrogens is 292 g/mol. The van der Waals surface area contributed by atoms with Crippen molar-refractivity contribution in [2.75, 3.05) is 12.3 Å². The van der Waals surface area contributed by atoms with Gasteiger partial charge in [0.25, 0.3) is 0 Å². The number of thioether (sulfide) groups is 1. The van der Waals surface area contributed by atoms with Gasteiger partial charge in [-0.15, -0.1) is 23.1 Å². The van der Waals surface area contributed by atoms with Crippen LogP contribution in [0.2, 0.25) is 0 Å². The van der Waals surface area contributed by atoms with E-state index in [1.54, 1.807) is 23.1 Å². The summed E-state index contributed by atoms with van der Waals surface area (Å²) >= 11 is 3.31. The van der Waals surface area contributed by atoms with Crippen molar-refractivity contribution in [2.45, 2.75) is 26.0 Å². The highest BCUT2D eigenvalue weighted by Crippen LogP contribution is 2.19. The Balaban J connectivity index is 1.63. The number of thiophene rings is 1. The normalized spacial score (nSPS) is 10.7. The molecule has 0 aliphatic carbocycles. The van der Waals surface area contributed by atoms with Gasteiger partial charge in [-0.25, -0.2) is 0 Å². The number of nitrogens with one attached hydrogen (secondary N) is 1. The summed E-state index contributed by atoms with van der Waals surface area (Å²) < 4.78 is 5.10. The van der Waals surface area contributed by atoms with Crippen LogP contribution in [0, 0.1) is 13.8 Å². The molecule has 4 nitrogen and oxygen atoms in total. The quantitative estimate of drug-likeness (QED) is 0.854. The topological polar surface area (TPSA) is 55.1 Å². The summed E-state index contributed by atoms with van der Waals surface area (Å²) in [6.07, 6.45) is 0.901. The van der Waals surface area contributed by atoms with Crippen LogP contribution in [0.4, 0.5) is 0 Å². The molecule has 0 spiro atoms. The van der Waals surface area contributed by atoms with Gasteiger partial charge in [-0.3, -0.25) is 4.79 Å². The third kappa shape index (κ3) is 4.38. The summed E-state index contributed by atoms with van der Waals surface area (Å²) in [5.41, 5.74) is 2.01. The van der Waals surface area contributed by atoms with Crippen LogP contribution in [0.3, 0.4) is 0 Å². The van der Waals surface area contributed by atoms with E-state index in [1.165, 1.54) is 4.88 Å². The molecule has 1 N–H and O–H groups in total. The summed E-state index contributed by atoms with van der Waals surface area (Å²) in [5.74, 6) is 2.15. The molecule has 1 amide bonds. The van der Waals surface area contributed by atoms with Crippen molar-refractivity contribution >= 4 is 29.0 Å². The molecule has 0 aliphatic heterocycles. The molecule has 0 saturated carbocycles. The van der Waals surface area contributed by atoms with E-state index >= 15 is 0 Å². The molecular formula is C14H18N2O2S2. The SMILES string of the molecule is Cc1noc(C)c1CSCC(=O)NCCc1cccs1. The predicted octanol–water partition coefficient (Wildman–Crippen LogP) is 2.95. The molecule has 0 radical (unpaired) electrons. The highest BCUT2D eigenvalue weighted by Gasteiger charge is 2.09. The van der Waals surface area contributed by atoms with E-state index in [4.69, 9.17) is 4.52 Å². The number of aromatic nitrogens is 1. The smallest absolute Gasteiger partial charge is 0.230 e. The van der Waals surface area contributed by atoms with Crippen LogP contribution in [0.25, 0.3) is 0 Å². The number of hydrogen-bond acceptors (Lipinski definition) is 5. The first-order chi connectivity index (χ1) is 9.66. The van der Waals surface area contributed by atoms with Crippen molar-refractivity contribution in [1.29, 1.82) is 0 Å². The fourth-order valence-corrected chi connectivity index (χ4v) is 3.50. The van der Waals surface area contributed by atoms with Gasteiger partial charge in [-0.2, -0.15) is 0 Å². The van der Waals surface area contributed by atoms with Crippen molar-refractivity contribution in [3.8, 4) is 0 Å². The molecule has 0 aliphatic rings. The maximum Gasteiger partial charge on any atom is 0.230 e. The van der Waals surface area contributed by atoms with Crippen molar-refractivity contribution in [1.82, 2.24) is 10.5 Å². The largest absolute Gasteiger partial charge is 0.361 e. The van der Waals surface area contributed by atoms with Crippen molar-refractivity contribution < 1.29 is 9.32 Å². The third-order valence-corrected chi connectivity index (χ3v) is 4.83. The van der Waals surface area contributed by atoms with Gasteiger partial charge in [0, 0.05) is 22.7 Å². The molecule has 2 heterocycles. The van der Waals surface area contributed by atoms with E-state index in [1.807, 2.05) is 19.9 Å². The standard InChI is InChI=1S/C14H18N2O2S2/c1-10-13(11(2)18-16-10)8-19-9-14(17)15-6-5-12-4-3-7-20-12/h3-4,7H,5-6,8-9H2,1-2H3,(H,15,17). The first kappa shape index (κ1) is 15.1. The highest BCUT2D eigenvalue weighted by molar-refractivity contribution is 7.99. The molecule has 2 rings (SSSR count). The van der Waals surface area contributed by atoms with Gasteiger partial charge < -0.3 is 9.84 Å². The second-order valence-corrected chi connectivity index (χ2v) is 6.49. The van der Waals surface area contributed by atoms with Gasteiger partial charge in [0.2, 0.25) is 5.91 Å². The summed E-state index contributed by atoms with van der Waals surface area (Å²) in [6.45, 7) is 4.52. The Morgan fingerprint density at radius 3 is 3.00 bits per heavy atom. The number of rotatable bonds is 7. The number of nitrogens with zero attached hydrogens (tertiary/aromatic N) is 1. The maximum atomic E-state index is 11.7. The molecule has 0 bridgehead atoms. The summed E-state index contributed by atoms with van der Waals surface area (Å²) in [7, 11) is 0. The van der Waals surface area contributed by atoms with Gasteiger partial charge in [0.1, 0.15) is 5.76 Å². The predicted molar refractivity (Wildman–Crippen MR) is 83.2 cm³/mol. The third-order valence-electron chi connectivity index (χ3n) is 2.93. The Kier molecular flexibility index (Phi) is 5.67. The monoisotopic (exact) mass is 310 g/mol. The van der Waals surface area contributed by atoms with E-state index < -0.39 is 0 Å². The van der Waals surface area contributed by atoms with E-state index in [2.05, 4.69) is 21.9 Å². The lowest BCUT2D eigenvalue weighted by molar-refractivity contribution is -0.118. The first-order valence-electron chi connectivity index (χ1n) is 6.45. The molecule has 2 aromatic rings. The van der Waals surface area contributed by atoms with Gasteiger partial charge in [-0.05, 0) is 31.7 Å². The lowest BCUT2D eigenvalue weighted by Gasteiger charge is -2.04. The maximum absolute atomic E-state index is 11.7. The lowest BCUT2D eigenvalue weighted by Crippen LogP contribution is -2.27. The zero-order valence-corrected chi connectivity index (χ0v) is 13.3. The number of aryl methyl sites for hydroxylation is 2. The zero-order valence-electron chi connectivity index (χ0n) is 11.6. The van der Waals surface area contributed by atoms with Crippen molar-refractivity contribution in [3.05, 3.63) is 39.4 Å². The van der Waals surface area contributed by atoms with E-state index in [9.17, 15) is 4.79 Å². The molecule has 0 unspecified atom stereocenters. The average molecular weight is 310 g/mol. The van der Waals surface area contributed by atoms with Crippen LogP contribution in [0.1, 0.15) is 21.9 Å². The fraction of sp³-hybridized carbons (Fsp3) is 0.429. The molecule has 0 atom stereocenters. The average Bonchev–Trinajstić information content (AvgIpc) is 3.03. The second kappa shape index (κ2) is 7.50. The molecule has 0 saturated heterocycles. The van der Waals surface area contributed by atoms with Crippen LogP contribution >= 0.6 is 23.1 Å². The Morgan fingerprint density at radius 2 is 2.35 bits per heavy atom. The minimum absolute atomic E-state index is 0.0818. The second-order valence-electron chi connectivity index (χ2n) is 4.47. The van der Waals surface area contributed by atoms with Crippen LogP contribution < -0.4 is 5.32 Å². The minimum Gasteiger partial charge on any atom is -0.361 e. The van der Waals surface area contributed by atoms with Crippen LogP contribution in [-0.2, 0) is 17.0 Å². The van der Waals surface area contributed by atoms with Gasteiger partial charge in [-0.1, -0.05) is 11.2 Å². The summed E-state index contributed by atoms with van der Waals surface area (Å²) in [6, 6.07) is 4.12. The molecule has 0 fully saturated rings. The molecule has 20 heavy (non-hydrogen) atoms. The number of carbonyl (C=O) groups excluding carboxylic acids is 1. The number of hydrogen-bond donors (Lipinski definition) is 1. The van der Waals surface area contributed by atoms with Gasteiger partial charge in [0.15, 0.2) is 0 Å². The van der Waals surface area contributed by atoms with E-state index in [-0.39, 0.29) is 5.91 Å². The summed E-state index contributed by atoms with van der Waals surface area (Å²) in [4.78, 5) is 13.0. The Morgan fingerprint density at radius 1 is 1.50 bits per heavy atom. The molecule has 0 aromatic carbocycles. The Bertz CT molecular complexity index is 530. The Labute approximate surface area is 126 Å². The Hall–Kier alpha value is -1.27. The van der Waals surface area contributed by atoms with Crippen molar-refractivity contribution in [3.63, 3.8) is 0 Å². The first-order valence-corrected chi connectivity index (χ1v) is 8.49. The van der Waals surface area contributed by atoms with Crippen LogP contribution in [0.5, 0.6) is 0 Å². The van der Waals surface area contributed by atoms with Gasteiger partial charge >= 0.3 is 0 Å². The van der Waals surface area contributed by atoms with Gasteiger partial charge in [0.05, 0.1) is 11.4 Å². The minimum atomic E-state index is 0.0818. The van der Waals surface area contributed by atoms with E-state index in [0.29, 0.717) is 12.3 Å². The van der Waals surface area contributed by atoms with E-state index in [0.717, 1.165) is 29.2 Å². The highest BCUT2D eigenvalue weighted by atomic mass is 32.2. The molecule has 6 heteroatoms. The molecule has 108 valence electrons. The fourth-order valence-electron chi connectivity index (χ4n) is 1.78. The number of amides is 1. The molecule has 2 aromatic heterocycles. The van der Waals surface area contributed by atoms with Crippen molar-refractivity contribution in [2.24, 2.45) is 0 Å². The zero-order chi connectivity index (χ0) is 14.4. The summed E-state index contributed by atoms with van der Waals surface area (Å²) in [5, 5.41) is 8.89. The lowest BCUT2D eigenvalue weighted by atomic mass is 10.2. The van der Waals surface area contributed by atoms with Crippen LogP contribution in [-0.4, -0.2) is 23.4 Å².